The highest BCUT2D eigenvalue weighted by Gasteiger charge is 2.10. The lowest BCUT2D eigenvalue weighted by Crippen LogP contribution is -2.37. The molecular weight excluding hydrogens is 322 g/mol. The Labute approximate surface area is 163 Å². The van der Waals surface area contributed by atoms with Gasteiger partial charge in [-0.25, -0.2) is 0 Å². The molecule has 1 amide bonds. The molecule has 1 unspecified atom stereocenters. The highest BCUT2D eigenvalue weighted by molar-refractivity contribution is 5.76. The van der Waals surface area contributed by atoms with E-state index in [1.54, 1.807) is 0 Å². The van der Waals surface area contributed by atoms with Crippen LogP contribution >= 0.6 is 0 Å². The van der Waals surface area contributed by atoms with Crippen LogP contribution in [0.3, 0.4) is 0 Å². The van der Waals surface area contributed by atoms with Crippen molar-refractivity contribution in [3.8, 4) is 0 Å². The SMILES string of the molecule is CCCCCCCCCCCCCCC(CO)NC(=O)CCCCCC. The third kappa shape index (κ3) is 18.2. The first kappa shape index (κ1) is 25.4. The van der Waals surface area contributed by atoms with E-state index in [9.17, 15) is 9.90 Å². The van der Waals surface area contributed by atoms with Gasteiger partial charge in [0.25, 0.3) is 0 Å². The molecule has 0 aromatic heterocycles. The van der Waals surface area contributed by atoms with Crippen LogP contribution in [0.25, 0.3) is 0 Å². The second-order valence-corrected chi connectivity index (χ2v) is 7.94. The van der Waals surface area contributed by atoms with Crippen molar-refractivity contribution in [3.63, 3.8) is 0 Å². The van der Waals surface area contributed by atoms with Gasteiger partial charge in [-0.3, -0.25) is 4.79 Å². The molecule has 0 rings (SSSR count). The fourth-order valence-electron chi connectivity index (χ4n) is 3.45. The minimum Gasteiger partial charge on any atom is -0.394 e. The molecule has 2 N–H and O–H groups in total. The van der Waals surface area contributed by atoms with Gasteiger partial charge in [-0.2, -0.15) is 0 Å². The van der Waals surface area contributed by atoms with E-state index in [-0.39, 0.29) is 18.6 Å². The molecule has 0 aromatic rings. The van der Waals surface area contributed by atoms with Crippen molar-refractivity contribution < 1.29 is 9.90 Å². The molecular formula is C23H47NO2. The zero-order chi connectivity index (χ0) is 19.3. The van der Waals surface area contributed by atoms with Crippen LogP contribution in [0.4, 0.5) is 0 Å². The topological polar surface area (TPSA) is 49.3 Å². The Hall–Kier alpha value is -0.570. The van der Waals surface area contributed by atoms with Gasteiger partial charge in [-0.1, -0.05) is 110 Å². The number of carbonyl (C=O) groups excluding carboxylic acids is 1. The van der Waals surface area contributed by atoms with Crippen molar-refractivity contribution in [2.75, 3.05) is 6.61 Å². The van der Waals surface area contributed by atoms with Crippen LogP contribution in [0, 0.1) is 0 Å². The summed E-state index contributed by atoms with van der Waals surface area (Å²) >= 11 is 0. The van der Waals surface area contributed by atoms with Gasteiger partial charge in [0.15, 0.2) is 0 Å². The average Bonchev–Trinajstić information content (AvgIpc) is 2.65. The predicted molar refractivity (Wildman–Crippen MR) is 113 cm³/mol. The molecule has 0 saturated heterocycles. The minimum atomic E-state index is -0.0446. The summed E-state index contributed by atoms with van der Waals surface area (Å²) < 4.78 is 0. The highest BCUT2D eigenvalue weighted by Crippen LogP contribution is 2.13. The zero-order valence-corrected chi connectivity index (χ0v) is 17.9. The molecule has 0 spiro atoms. The van der Waals surface area contributed by atoms with E-state index in [1.807, 2.05) is 0 Å². The van der Waals surface area contributed by atoms with E-state index in [1.165, 1.54) is 83.5 Å². The summed E-state index contributed by atoms with van der Waals surface area (Å²) in [5.74, 6) is 0.110. The summed E-state index contributed by atoms with van der Waals surface area (Å²) in [7, 11) is 0. The first-order valence-electron chi connectivity index (χ1n) is 11.6. The van der Waals surface area contributed by atoms with Crippen LogP contribution in [-0.4, -0.2) is 23.7 Å². The average molecular weight is 370 g/mol. The van der Waals surface area contributed by atoms with Crippen LogP contribution in [-0.2, 0) is 4.79 Å². The Morgan fingerprint density at radius 1 is 0.692 bits per heavy atom. The molecule has 0 bridgehead atoms. The summed E-state index contributed by atoms with van der Waals surface area (Å²) in [5, 5.41) is 12.4. The van der Waals surface area contributed by atoms with Crippen molar-refractivity contribution in [1.82, 2.24) is 5.32 Å². The van der Waals surface area contributed by atoms with Crippen LogP contribution in [0.5, 0.6) is 0 Å². The standard InChI is InChI=1S/C23H47NO2/c1-3-5-7-9-10-11-12-13-14-15-16-17-19-22(21-25)24-23(26)20-18-8-6-4-2/h22,25H,3-21H2,1-2H3,(H,24,26). The van der Waals surface area contributed by atoms with Gasteiger partial charge in [0.1, 0.15) is 0 Å². The van der Waals surface area contributed by atoms with Crippen LogP contribution in [0.15, 0.2) is 0 Å². The smallest absolute Gasteiger partial charge is 0.220 e. The quantitative estimate of drug-likeness (QED) is 0.240. The molecule has 3 nitrogen and oxygen atoms in total. The van der Waals surface area contributed by atoms with Crippen molar-refractivity contribution >= 4 is 5.91 Å². The van der Waals surface area contributed by atoms with Crippen LogP contribution in [0.1, 0.15) is 129 Å². The molecule has 0 aliphatic carbocycles. The molecule has 26 heavy (non-hydrogen) atoms. The lowest BCUT2D eigenvalue weighted by molar-refractivity contribution is -0.122. The lowest BCUT2D eigenvalue weighted by atomic mass is 10.0. The van der Waals surface area contributed by atoms with Gasteiger partial charge >= 0.3 is 0 Å². The number of amides is 1. The maximum absolute atomic E-state index is 11.9. The molecule has 3 heteroatoms. The van der Waals surface area contributed by atoms with E-state index in [4.69, 9.17) is 0 Å². The Kier molecular flexibility index (Phi) is 20.3. The van der Waals surface area contributed by atoms with Crippen molar-refractivity contribution in [1.29, 1.82) is 0 Å². The number of aliphatic hydroxyl groups is 1. The molecule has 0 radical (unpaired) electrons. The van der Waals surface area contributed by atoms with Crippen LogP contribution in [0.2, 0.25) is 0 Å². The molecule has 0 aliphatic rings. The molecule has 0 heterocycles. The third-order valence-electron chi connectivity index (χ3n) is 5.25. The second kappa shape index (κ2) is 20.7. The van der Waals surface area contributed by atoms with Gasteiger partial charge in [0.05, 0.1) is 12.6 Å². The van der Waals surface area contributed by atoms with E-state index < -0.39 is 0 Å². The summed E-state index contributed by atoms with van der Waals surface area (Å²) in [5.41, 5.74) is 0. The fraction of sp³-hybridized carbons (Fsp3) is 0.957. The largest absolute Gasteiger partial charge is 0.394 e. The minimum absolute atomic E-state index is 0.0446. The molecule has 156 valence electrons. The van der Waals surface area contributed by atoms with Gasteiger partial charge in [-0.05, 0) is 12.8 Å². The zero-order valence-electron chi connectivity index (χ0n) is 17.9. The normalized spacial score (nSPS) is 12.3. The Balaban J connectivity index is 3.41. The molecule has 0 fully saturated rings. The molecule has 1 atom stereocenters. The predicted octanol–water partition coefficient (Wildman–Crippen LogP) is 6.53. The molecule has 0 aliphatic heterocycles. The lowest BCUT2D eigenvalue weighted by Gasteiger charge is -2.16. The van der Waals surface area contributed by atoms with Crippen LogP contribution < -0.4 is 5.32 Å². The van der Waals surface area contributed by atoms with Crippen molar-refractivity contribution in [2.45, 2.75) is 135 Å². The van der Waals surface area contributed by atoms with Gasteiger partial charge in [0.2, 0.25) is 5.91 Å². The summed E-state index contributed by atoms with van der Waals surface area (Å²) in [4.78, 5) is 11.9. The second-order valence-electron chi connectivity index (χ2n) is 7.94. The Morgan fingerprint density at radius 2 is 1.12 bits per heavy atom. The number of carbonyl (C=O) groups is 1. The summed E-state index contributed by atoms with van der Waals surface area (Å²) in [6.07, 6.45) is 22.1. The van der Waals surface area contributed by atoms with E-state index in [0.29, 0.717) is 6.42 Å². The molecule has 0 aromatic carbocycles. The number of nitrogens with one attached hydrogen (secondary N) is 1. The van der Waals surface area contributed by atoms with E-state index >= 15 is 0 Å². The fourth-order valence-corrected chi connectivity index (χ4v) is 3.45. The van der Waals surface area contributed by atoms with E-state index in [2.05, 4.69) is 19.2 Å². The maximum atomic E-state index is 11.9. The Bertz CT molecular complexity index is 294. The number of unbranched alkanes of at least 4 members (excludes halogenated alkanes) is 14. The number of aliphatic hydroxyl groups excluding tert-OH is 1. The maximum Gasteiger partial charge on any atom is 0.220 e. The number of rotatable bonds is 20. The number of hydrogen-bond acceptors (Lipinski definition) is 2. The first-order chi connectivity index (χ1) is 12.7. The van der Waals surface area contributed by atoms with Gasteiger partial charge in [-0.15, -0.1) is 0 Å². The number of hydrogen-bond donors (Lipinski definition) is 2. The summed E-state index contributed by atoms with van der Waals surface area (Å²) in [6.45, 7) is 4.51. The highest BCUT2D eigenvalue weighted by atomic mass is 16.3. The van der Waals surface area contributed by atoms with Gasteiger partial charge in [0, 0.05) is 6.42 Å². The summed E-state index contributed by atoms with van der Waals surface area (Å²) in [6, 6.07) is -0.0446. The van der Waals surface area contributed by atoms with Gasteiger partial charge < -0.3 is 10.4 Å². The van der Waals surface area contributed by atoms with E-state index in [0.717, 1.165) is 25.7 Å². The molecule has 0 saturated carbocycles. The monoisotopic (exact) mass is 369 g/mol. The van der Waals surface area contributed by atoms with Crippen molar-refractivity contribution in [3.05, 3.63) is 0 Å². The third-order valence-corrected chi connectivity index (χ3v) is 5.25. The van der Waals surface area contributed by atoms with Crippen molar-refractivity contribution in [2.24, 2.45) is 0 Å². The Morgan fingerprint density at radius 3 is 1.58 bits per heavy atom. The first-order valence-corrected chi connectivity index (χ1v) is 11.6.